The number of rotatable bonds is 4. The third kappa shape index (κ3) is 3.15. The van der Waals surface area contributed by atoms with Crippen molar-refractivity contribution in [2.45, 2.75) is 25.3 Å². The van der Waals surface area contributed by atoms with Gasteiger partial charge in [-0.05, 0) is 32.0 Å². The van der Waals surface area contributed by atoms with E-state index in [9.17, 15) is 8.42 Å². The first kappa shape index (κ1) is 17.3. The average Bonchev–Trinajstić information content (AvgIpc) is 2.67. The van der Waals surface area contributed by atoms with Crippen molar-refractivity contribution in [1.82, 2.24) is 14.1 Å². The zero-order chi connectivity index (χ0) is 16.7. The van der Waals surface area contributed by atoms with Gasteiger partial charge in [-0.2, -0.15) is 9.40 Å². The normalized spacial score (nSPS) is 12.1. The van der Waals surface area contributed by atoms with E-state index in [0.29, 0.717) is 5.02 Å². The molecule has 0 fully saturated rings. The highest BCUT2D eigenvalue weighted by Gasteiger charge is 2.25. The molecule has 2 aromatic rings. The number of hydrogen-bond donors (Lipinski definition) is 0. The SMILES string of the molecule is Cc1nn(C)c(C)c1CN(C)S(=O)(=O)c1cc(Cl)ccc1Cl. The molecule has 2 rings (SSSR count). The summed E-state index contributed by atoms with van der Waals surface area (Å²) in [5.74, 6) is 0. The van der Waals surface area contributed by atoms with Gasteiger partial charge in [-0.25, -0.2) is 8.42 Å². The number of halogens is 2. The number of aromatic nitrogens is 2. The molecule has 0 saturated carbocycles. The van der Waals surface area contributed by atoms with E-state index in [0.717, 1.165) is 17.0 Å². The fraction of sp³-hybridized carbons (Fsp3) is 0.357. The Kier molecular flexibility index (Phi) is 4.87. The molecule has 0 amide bonds. The third-order valence-corrected chi connectivity index (χ3v) is 6.14. The van der Waals surface area contributed by atoms with Crippen LogP contribution < -0.4 is 0 Å². The van der Waals surface area contributed by atoms with Gasteiger partial charge in [0, 0.05) is 36.9 Å². The molecule has 120 valence electrons. The lowest BCUT2D eigenvalue weighted by Crippen LogP contribution is -2.27. The van der Waals surface area contributed by atoms with E-state index in [1.807, 2.05) is 20.9 Å². The second kappa shape index (κ2) is 6.20. The van der Waals surface area contributed by atoms with Gasteiger partial charge in [-0.3, -0.25) is 4.68 Å². The minimum Gasteiger partial charge on any atom is -0.272 e. The largest absolute Gasteiger partial charge is 0.272 e. The van der Waals surface area contributed by atoms with Crippen LogP contribution in [0.4, 0.5) is 0 Å². The van der Waals surface area contributed by atoms with Crippen molar-refractivity contribution in [2.24, 2.45) is 7.05 Å². The maximum Gasteiger partial charge on any atom is 0.244 e. The lowest BCUT2D eigenvalue weighted by atomic mass is 10.2. The second-order valence-corrected chi connectivity index (χ2v) is 7.97. The molecular weight excluding hydrogens is 345 g/mol. The molecule has 0 aliphatic carbocycles. The Morgan fingerprint density at radius 3 is 2.45 bits per heavy atom. The highest BCUT2D eigenvalue weighted by Crippen LogP contribution is 2.28. The van der Waals surface area contributed by atoms with Crippen molar-refractivity contribution >= 4 is 33.2 Å². The van der Waals surface area contributed by atoms with Gasteiger partial charge in [0.1, 0.15) is 4.90 Å². The van der Waals surface area contributed by atoms with E-state index in [4.69, 9.17) is 23.2 Å². The molecule has 1 heterocycles. The minimum absolute atomic E-state index is 0.00311. The molecule has 1 aromatic heterocycles. The Labute approximate surface area is 140 Å². The van der Waals surface area contributed by atoms with Gasteiger partial charge in [0.05, 0.1) is 10.7 Å². The van der Waals surface area contributed by atoms with Crippen LogP contribution in [0.25, 0.3) is 0 Å². The summed E-state index contributed by atoms with van der Waals surface area (Å²) in [6.45, 7) is 3.98. The summed E-state index contributed by atoms with van der Waals surface area (Å²) in [5, 5.41) is 4.77. The van der Waals surface area contributed by atoms with Crippen molar-refractivity contribution in [3.63, 3.8) is 0 Å². The fourth-order valence-corrected chi connectivity index (χ4v) is 4.07. The van der Waals surface area contributed by atoms with Gasteiger partial charge in [0.25, 0.3) is 0 Å². The van der Waals surface area contributed by atoms with Gasteiger partial charge in [0.15, 0.2) is 0 Å². The number of aryl methyl sites for hydroxylation is 2. The average molecular weight is 362 g/mol. The van der Waals surface area contributed by atoms with Gasteiger partial charge < -0.3 is 0 Å². The maximum atomic E-state index is 12.7. The first-order valence-electron chi connectivity index (χ1n) is 6.55. The van der Waals surface area contributed by atoms with Crippen LogP contribution >= 0.6 is 23.2 Å². The summed E-state index contributed by atoms with van der Waals surface area (Å²) >= 11 is 11.9. The van der Waals surface area contributed by atoms with Gasteiger partial charge in [0.2, 0.25) is 10.0 Å². The van der Waals surface area contributed by atoms with Crippen LogP contribution in [-0.2, 0) is 23.6 Å². The molecule has 0 N–H and O–H groups in total. The summed E-state index contributed by atoms with van der Waals surface area (Å²) < 4.78 is 28.4. The highest BCUT2D eigenvalue weighted by molar-refractivity contribution is 7.89. The van der Waals surface area contributed by atoms with E-state index >= 15 is 0 Å². The van der Waals surface area contributed by atoms with E-state index < -0.39 is 10.0 Å². The van der Waals surface area contributed by atoms with Gasteiger partial charge in [-0.1, -0.05) is 23.2 Å². The molecule has 0 aliphatic heterocycles. The predicted molar refractivity (Wildman–Crippen MR) is 87.8 cm³/mol. The third-order valence-electron chi connectivity index (χ3n) is 3.62. The van der Waals surface area contributed by atoms with Crippen LogP contribution in [0.5, 0.6) is 0 Å². The van der Waals surface area contributed by atoms with Crippen LogP contribution in [0.1, 0.15) is 17.0 Å². The number of benzene rings is 1. The first-order valence-corrected chi connectivity index (χ1v) is 8.74. The molecule has 5 nitrogen and oxygen atoms in total. The minimum atomic E-state index is -3.73. The van der Waals surface area contributed by atoms with Crippen LogP contribution in [0.3, 0.4) is 0 Å². The molecule has 0 unspecified atom stereocenters. The molecule has 0 radical (unpaired) electrons. The molecule has 1 aromatic carbocycles. The van der Waals surface area contributed by atoms with Crippen molar-refractivity contribution < 1.29 is 8.42 Å². The highest BCUT2D eigenvalue weighted by atomic mass is 35.5. The molecule has 0 bridgehead atoms. The lowest BCUT2D eigenvalue weighted by molar-refractivity contribution is 0.465. The molecule has 22 heavy (non-hydrogen) atoms. The Hall–Kier alpha value is -1.08. The molecule has 0 atom stereocenters. The van der Waals surface area contributed by atoms with Crippen LogP contribution in [0, 0.1) is 13.8 Å². The van der Waals surface area contributed by atoms with Crippen LogP contribution in [0.15, 0.2) is 23.1 Å². The smallest absolute Gasteiger partial charge is 0.244 e. The summed E-state index contributed by atoms with van der Waals surface area (Å²) in [5.41, 5.74) is 2.61. The summed E-state index contributed by atoms with van der Waals surface area (Å²) in [7, 11) is -0.395. The number of hydrogen-bond acceptors (Lipinski definition) is 3. The Balaban J connectivity index is 2.39. The predicted octanol–water partition coefficient (Wildman–Crippen LogP) is 3.16. The molecule has 0 spiro atoms. The first-order chi connectivity index (χ1) is 10.1. The van der Waals surface area contributed by atoms with E-state index in [1.54, 1.807) is 10.7 Å². The van der Waals surface area contributed by atoms with Crippen molar-refractivity contribution in [3.8, 4) is 0 Å². The summed E-state index contributed by atoms with van der Waals surface area (Å²) in [6.07, 6.45) is 0. The summed E-state index contributed by atoms with van der Waals surface area (Å²) in [4.78, 5) is 0.00311. The maximum absolute atomic E-state index is 12.7. The molecule has 0 saturated heterocycles. The van der Waals surface area contributed by atoms with Gasteiger partial charge in [-0.15, -0.1) is 0 Å². The van der Waals surface area contributed by atoms with Crippen LogP contribution in [0.2, 0.25) is 10.0 Å². The van der Waals surface area contributed by atoms with Crippen molar-refractivity contribution in [3.05, 3.63) is 45.2 Å². The second-order valence-electron chi connectivity index (χ2n) is 5.11. The molecular formula is C14H17Cl2N3O2S. The van der Waals surface area contributed by atoms with E-state index in [-0.39, 0.29) is 16.5 Å². The standard InChI is InChI=1S/C14H17Cl2N3O2S/c1-9-12(10(2)19(4)17-9)8-18(3)22(20,21)14-7-11(15)5-6-13(14)16/h5-7H,8H2,1-4H3. The van der Waals surface area contributed by atoms with E-state index in [1.165, 1.54) is 23.5 Å². The number of nitrogens with zero attached hydrogens (tertiary/aromatic N) is 3. The number of sulfonamides is 1. The van der Waals surface area contributed by atoms with Crippen molar-refractivity contribution in [1.29, 1.82) is 0 Å². The van der Waals surface area contributed by atoms with E-state index in [2.05, 4.69) is 5.10 Å². The zero-order valence-electron chi connectivity index (χ0n) is 12.8. The van der Waals surface area contributed by atoms with Gasteiger partial charge >= 0.3 is 0 Å². The Morgan fingerprint density at radius 2 is 1.91 bits per heavy atom. The Bertz CT molecular complexity index is 816. The van der Waals surface area contributed by atoms with Crippen molar-refractivity contribution in [2.75, 3.05) is 7.05 Å². The molecule has 0 aliphatic rings. The fourth-order valence-electron chi connectivity index (χ4n) is 2.20. The molecule has 8 heteroatoms. The topological polar surface area (TPSA) is 55.2 Å². The van der Waals surface area contributed by atoms with Crippen LogP contribution in [-0.4, -0.2) is 29.6 Å². The summed E-state index contributed by atoms with van der Waals surface area (Å²) in [6, 6.07) is 4.39. The Morgan fingerprint density at radius 1 is 1.27 bits per heavy atom. The monoisotopic (exact) mass is 361 g/mol. The quantitative estimate of drug-likeness (QED) is 0.840. The zero-order valence-corrected chi connectivity index (χ0v) is 15.1. The lowest BCUT2D eigenvalue weighted by Gasteiger charge is -2.18.